The Morgan fingerprint density at radius 3 is 2.11 bits per heavy atom. The van der Waals surface area contributed by atoms with Gasteiger partial charge in [-0.1, -0.05) is 15.9 Å². The SMILES string of the molecule is COC(=O)c1cc(Br)cc(C(=O)O)c1N(C)S(=O)(=O)c1ccc(OC)cc1. The molecule has 0 saturated heterocycles. The molecule has 2 aromatic rings. The number of carboxylic acids is 1. The van der Waals surface area contributed by atoms with Crippen molar-refractivity contribution in [3.63, 3.8) is 0 Å². The number of methoxy groups -OCH3 is 2. The highest BCUT2D eigenvalue weighted by Crippen LogP contribution is 2.33. The van der Waals surface area contributed by atoms with E-state index in [1.54, 1.807) is 0 Å². The highest BCUT2D eigenvalue weighted by molar-refractivity contribution is 9.10. The molecule has 8 nitrogen and oxygen atoms in total. The maximum absolute atomic E-state index is 13.0. The Hall–Kier alpha value is -2.59. The predicted octanol–water partition coefficient (Wildman–Crippen LogP) is 2.77. The first-order valence-corrected chi connectivity index (χ1v) is 9.65. The molecule has 0 atom stereocenters. The summed E-state index contributed by atoms with van der Waals surface area (Å²) in [6.07, 6.45) is 0. The summed E-state index contributed by atoms with van der Waals surface area (Å²) in [5, 5.41) is 9.51. The number of hydrogen-bond acceptors (Lipinski definition) is 6. The minimum atomic E-state index is -4.16. The maximum Gasteiger partial charge on any atom is 0.340 e. The first-order valence-electron chi connectivity index (χ1n) is 7.41. The second-order valence-corrected chi connectivity index (χ2v) is 8.18. The van der Waals surface area contributed by atoms with Gasteiger partial charge in [-0.2, -0.15) is 0 Å². The van der Waals surface area contributed by atoms with E-state index in [0.717, 1.165) is 11.4 Å². The number of esters is 1. The summed E-state index contributed by atoms with van der Waals surface area (Å²) in [6.45, 7) is 0. The first kappa shape index (κ1) is 20.7. The molecule has 0 unspecified atom stereocenters. The molecule has 0 aliphatic rings. The van der Waals surface area contributed by atoms with Crippen LogP contribution in [-0.4, -0.2) is 46.7 Å². The fourth-order valence-corrected chi connectivity index (χ4v) is 4.08. The average Bonchev–Trinajstić information content (AvgIpc) is 2.65. The number of rotatable bonds is 6. The molecule has 0 radical (unpaired) electrons. The smallest absolute Gasteiger partial charge is 0.340 e. The van der Waals surface area contributed by atoms with Crippen LogP contribution in [-0.2, 0) is 14.8 Å². The van der Waals surface area contributed by atoms with Gasteiger partial charge in [-0.25, -0.2) is 18.0 Å². The van der Waals surface area contributed by atoms with E-state index in [1.807, 2.05) is 0 Å². The molecule has 0 aliphatic carbocycles. The molecular weight excluding hydrogens is 442 g/mol. The maximum atomic E-state index is 13.0. The Balaban J connectivity index is 2.70. The second-order valence-electron chi connectivity index (χ2n) is 5.29. The third kappa shape index (κ3) is 4.06. The first-order chi connectivity index (χ1) is 12.6. The van der Waals surface area contributed by atoms with Gasteiger partial charge in [-0.3, -0.25) is 4.31 Å². The van der Waals surface area contributed by atoms with Crippen molar-refractivity contribution in [2.45, 2.75) is 4.90 Å². The van der Waals surface area contributed by atoms with Gasteiger partial charge in [-0.15, -0.1) is 0 Å². The van der Waals surface area contributed by atoms with Crippen LogP contribution in [0.3, 0.4) is 0 Å². The summed E-state index contributed by atoms with van der Waals surface area (Å²) in [7, 11) is -0.430. The zero-order valence-corrected chi connectivity index (χ0v) is 17.0. The minimum Gasteiger partial charge on any atom is -0.497 e. The van der Waals surface area contributed by atoms with E-state index in [9.17, 15) is 23.1 Å². The molecule has 2 aromatic carbocycles. The number of hydrogen-bond donors (Lipinski definition) is 1. The van der Waals surface area contributed by atoms with Gasteiger partial charge in [0.05, 0.1) is 35.9 Å². The van der Waals surface area contributed by atoms with E-state index in [1.165, 1.54) is 50.6 Å². The van der Waals surface area contributed by atoms with Gasteiger partial charge in [0.15, 0.2) is 0 Å². The van der Waals surface area contributed by atoms with Crippen molar-refractivity contribution in [2.24, 2.45) is 0 Å². The number of aromatic carboxylic acids is 1. The Bertz CT molecular complexity index is 987. The number of halogens is 1. The Labute approximate surface area is 164 Å². The Kier molecular flexibility index (Phi) is 6.11. The van der Waals surface area contributed by atoms with Crippen LogP contribution in [0.4, 0.5) is 5.69 Å². The van der Waals surface area contributed by atoms with Crippen molar-refractivity contribution < 1.29 is 32.6 Å². The number of sulfonamides is 1. The van der Waals surface area contributed by atoms with Crippen LogP contribution in [0.15, 0.2) is 45.8 Å². The summed E-state index contributed by atoms with van der Waals surface area (Å²) >= 11 is 3.12. The van der Waals surface area contributed by atoms with Crippen molar-refractivity contribution in [1.29, 1.82) is 0 Å². The number of carbonyl (C=O) groups excluding carboxylic acids is 1. The molecule has 144 valence electrons. The third-order valence-corrected chi connectivity index (χ3v) is 5.97. The number of carboxylic acid groups (broad SMARTS) is 1. The highest BCUT2D eigenvalue weighted by atomic mass is 79.9. The lowest BCUT2D eigenvalue weighted by Crippen LogP contribution is -2.30. The van der Waals surface area contributed by atoms with Gasteiger partial charge in [0, 0.05) is 11.5 Å². The monoisotopic (exact) mass is 457 g/mol. The van der Waals surface area contributed by atoms with E-state index in [2.05, 4.69) is 20.7 Å². The van der Waals surface area contributed by atoms with Crippen molar-refractivity contribution in [3.05, 3.63) is 52.0 Å². The number of carbonyl (C=O) groups is 2. The molecular formula is C17H16BrNO7S. The fraction of sp³-hybridized carbons (Fsp3) is 0.176. The van der Waals surface area contributed by atoms with Crippen LogP contribution in [0.1, 0.15) is 20.7 Å². The summed E-state index contributed by atoms with van der Waals surface area (Å²) in [6, 6.07) is 8.07. The van der Waals surface area contributed by atoms with Crippen molar-refractivity contribution in [1.82, 2.24) is 0 Å². The van der Waals surface area contributed by atoms with Crippen LogP contribution in [0, 0.1) is 0 Å². The number of anilines is 1. The molecule has 10 heteroatoms. The molecule has 1 N–H and O–H groups in total. The van der Waals surface area contributed by atoms with E-state index >= 15 is 0 Å². The number of ether oxygens (including phenoxy) is 2. The summed E-state index contributed by atoms with van der Waals surface area (Å²) < 4.78 is 36.7. The van der Waals surface area contributed by atoms with Crippen molar-refractivity contribution >= 4 is 43.6 Å². The molecule has 0 aliphatic heterocycles. The highest BCUT2D eigenvalue weighted by Gasteiger charge is 2.30. The molecule has 0 aromatic heterocycles. The van der Waals surface area contributed by atoms with Crippen LogP contribution in [0.25, 0.3) is 0 Å². The molecule has 0 saturated carbocycles. The Morgan fingerprint density at radius 1 is 1.07 bits per heavy atom. The standard InChI is InChI=1S/C17H16BrNO7S/c1-19(27(23,24)12-6-4-11(25-2)5-7-12)15-13(16(20)21)8-10(18)9-14(15)17(22)26-3/h4-9H,1-3H3,(H,20,21). The zero-order chi connectivity index (χ0) is 20.4. The number of nitrogens with zero attached hydrogens (tertiary/aromatic N) is 1. The second kappa shape index (κ2) is 7.97. The normalized spacial score (nSPS) is 11.0. The lowest BCUT2D eigenvalue weighted by Gasteiger charge is -2.23. The van der Waals surface area contributed by atoms with E-state index in [4.69, 9.17) is 4.74 Å². The van der Waals surface area contributed by atoms with Gasteiger partial charge in [0.2, 0.25) is 0 Å². The van der Waals surface area contributed by atoms with E-state index in [0.29, 0.717) is 10.2 Å². The molecule has 0 amide bonds. The van der Waals surface area contributed by atoms with Gasteiger partial charge in [0.25, 0.3) is 10.0 Å². The van der Waals surface area contributed by atoms with Crippen LogP contribution in [0.5, 0.6) is 5.75 Å². The van der Waals surface area contributed by atoms with Crippen molar-refractivity contribution in [2.75, 3.05) is 25.6 Å². The van der Waals surface area contributed by atoms with Crippen LogP contribution < -0.4 is 9.04 Å². The van der Waals surface area contributed by atoms with Gasteiger partial charge < -0.3 is 14.6 Å². The van der Waals surface area contributed by atoms with Gasteiger partial charge >= 0.3 is 11.9 Å². The van der Waals surface area contributed by atoms with E-state index < -0.39 is 22.0 Å². The molecule has 27 heavy (non-hydrogen) atoms. The van der Waals surface area contributed by atoms with Crippen LogP contribution in [0.2, 0.25) is 0 Å². The molecule has 0 fully saturated rings. The third-order valence-electron chi connectivity index (χ3n) is 3.74. The van der Waals surface area contributed by atoms with Crippen LogP contribution >= 0.6 is 15.9 Å². The van der Waals surface area contributed by atoms with E-state index in [-0.39, 0.29) is 21.7 Å². The molecule has 2 rings (SSSR count). The van der Waals surface area contributed by atoms with Gasteiger partial charge in [0.1, 0.15) is 5.75 Å². The fourth-order valence-electron chi connectivity index (χ4n) is 2.39. The molecule has 0 spiro atoms. The molecule has 0 bridgehead atoms. The summed E-state index contributed by atoms with van der Waals surface area (Å²) in [5.74, 6) is -1.81. The Morgan fingerprint density at radius 2 is 1.63 bits per heavy atom. The van der Waals surface area contributed by atoms with Crippen molar-refractivity contribution in [3.8, 4) is 5.75 Å². The predicted molar refractivity (Wildman–Crippen MR) is 101 cm³/mol. The topological polar surface area (TPSA) is 110 Å². The summed E-state index contributed by atoms with van der Waals surface area (Å²) in [4.78, 5) is 23.7. The minimum absolute atomic E-state index is 0.0964. The quantitative estimate of drug-likeness (QED) is 0.663. The lowest BCUT2D eigenvalue weighted by molar-refractivity contribution is 0.0601. The lowest BCUT2D eigenvalue weighted by atomic mass is 10.1. The molecule has 0 heterocycles. The van der Waals surface area contributed by atoms with Gasteiger partial charge in [-0.05, 0) is 36.4 Å². The average molecular weight is 458 g/mol. The zero-order valence-electron chi connectivity index (χ0n) is 14.6. The largest absolute Gasteiger partial charge is 0.497 e. The summed E-state index contributed by atoms with van der Waals surface area (Å²) in [5.41, 5.74) is -0.874. The number of benzene rings is 2.